The summed E-state index contributed by atoms with van der Waals surface area (Å²) in [4.78, 5) is 40.6. The first-order chi connectivity index (χ1) is 16.4. The third-order valence-electron chi connectivity index (χ3n) is 6.21. The molecule has 34 heavy (non-hydrogen) atoms. The Kier molecular flexibility index (Phi) is 5.20. The number of nitrogens with one attached hydrogen (secondary N) is 2. The zero-order valence-electron chi connectivity index (χ0n) is 18.8. The second-order valence-electron chi connectivity index (χ2n) is 8.35. The third-order valence-corrected chi connectivity index (χ3v) is 6.21. The van der Waals surface area contributed by atoms with Crippen LogP contribution in [0.15, 0.2) is 66.7 Å². The van der Waals surface area contributed by atoms with Gasteiger partial charge < -0.3 is 20.1 Å². The average molecular weight is 457 g/mol. The van der Waals surface area contributed by atoms with Crippen molar-refractivity contribution in [2.75, 3.05) is 18.7 Å². The van der Waals surface area contributed by atoms with Gasteiger partial charge in [-0.1, -0.05) is 48.5 Å². The van der Waals surface area contributed by atoms with Gasteiger partial charge in [-0.25, -0.2) is 4.79 Å². The van der Waals surface area contributed by atoms with Gasteiger partial charge in [-0.3, -0.25) is 14.5 Å². The summed E-state index contributed by atoms with van der Waals surface area (Å²) in [5.74, 6) is 0.0952. The second-order valence-corrected chi connectivity index (χ2v) is 8.35. The van der Waals surface area contributed by atoms with Crippen molar-refractivity contribution in [3.05, 3.63) is 89.0 Å². The minimum Gasteiger partial charge on any atom is -0.454 e. The molecular weight excluding hydrogens is 434 g/mol. The largest absolute Gasteiger partial charge is 0.454 e. The quantitative estimate of drug-likeness (QED) is 0.572. The molecule has 3 aromatic carbocycles. The number of nitrogens with zero attached hydrogens (tertiary/aromatic N) is 1. The first-order valence-corrected chi connectivity index (χ1v) is 10.9. The number of rotatable bonds is 5. The topological polar surface area (TPSA) is 97.0 Å². The van der Waals surface area contributed by atoms with E-state index < -0.39 is 29.9 Å². The Hall–Kier alpha value is -4.33. The minimum atomic E-state index is -1.42. The van der Waals surface area contributed by atoms with Crippen LogP contribution in [-0.2, 0) is 15.1 Å². The van der Waals surface area contributed by atoms with Gasteiger partial charge in [0.25, 0.3) is 5.91 Å². The van der Waals surface area contributed by atoms with E-state index >= 15 is 0 Å². The molecule has 1 fully saturated rings. The van der Waals surface area contributed by atoms with Crippen molar-refractivity contribution in [2.45, 2.75) is 19.4 Å². The van der Waals surface area contributed by atoms with E-state index in [0.717, 1.165) is 16.0 Å². The molecular formula is C26H23N3O5. The van der Waals surface area contributed by atoms with E-state index in [9.17, 15) is 14.4 Å². The van der Waals surface area contributed by atoms with Crippen LogP contribution < -0.4 is 20.1 Å². The number of ether oxygens (including phenoxy) is 2. The lowest BCUT2D eigenvalue weighted by Gasteiger charge is -2.28. The van der Waals surface area contributed by atoms with Crippen LogP contribution in [0.1, 0.15) is 22.3 Å². The number of carbonyl (C=O) groups excluding carboxylic acids is 3. The molecule has 8 heteroatoms. The SMILES string of the molecule is Cc1ccc([C@]2(c3ccccc3)NC(=O)N(CC(=O)Nc3ccc4c(c3)OCO4)C2=O)cc1C. The van der Waals surface area contributed by atoms with Gasteiger partial charge in [0, 0.05) is 11.8 Å². The molecule has 0 saturated carbocycles. The Morgan fingerprint density at radius 3 is 2.47 bits per heavy atom. The van der Waals surface area contributed by atoms with E-state index in [2.05, 4.69) is 10.6 Å². The number of carbonyl (C=O) groups is 3. The van der Waals surface area contributed by atoms with E-state index in [1.54, 1.807) is 30.3 Å². The summed E-state index contributed by atoms with van der Waals surface area (Å²) in [6.45, 7) is 3.62. The van der Waals surface area contributed by atoms with Gasteiger partial charge in [0.15, 0.2) is 17.0 Å². The Bertz CT molecular complexity index is 1310. The molecule has 5 rings (SSSR count). The zero-order valence-corrected chi connectivity index (χ0v) is 18.8. The van der Waals surface area contributed by atoms with Gasteiger partial charge in [0.05, 0.1) is 0 Å². The summed E-state index contributed by atoms with van der Waals surface area (Å²) in [6.07, 6.45) is 0. The Morgan fingerprint density at radius 1 is 0.941 bits per heavy atom. The van der Waals surface area contributed by atoms with Crippen molar-refractivity contribution < 1.29 is 23.9 Å². The summed E-state index contributed by atoms with van der Waals surface area (Å²) >= 11 is 0. The number of fused-ring (bicyclic) bond motifs is 1. The number of imide groups is 1. The third kappa shape index (κ3) is 3.53. The summed E-state index contributed by atoms with van der Waals surface area (Å²) in [6, 6.07) is 19.1. The molecule has 1 atom stereocenters. The maximum atomic E-state index is 13.8. The van der Waals surface area contributed by atoms with Crippen LogP contribution in [0, 0.1) is 13.8 Å². The number of aryl methyl sites for hydroxylation is 2. The Morgan fingerprint density at radius 2 is 1.71 bits per heavy atom. The Balaban J connectivity index is 1.44. The zero-order chi connectivity index (χ0) is 23.9. The standard InChI is InChI=1S/C26H23N3O5/c1-16-8-9-19(12-17(16)2)26(18-6-4-3-5-7-18)24(31)29(25(32)28-26)14-23(30)27-20-10-11-21-22(13-20)34-15-33-21/h3-13H,14-15H2,1-2H3,(H,27,30)(H,28,32)/t26-/m0/s1. The van der Waals surface area contributed by atoms with Gasteiger partial charge in [0.2, 0.25) is 12.7 Å². The molecule has 2 aliphatic heterocycles. The predicted octanol–water partition coefficient (Wildman–Crippen LogP) is 3.47. The smallest absolute Gasteiger partial charge is 0.326 e. The molecule has 1 saturated heterocycles. The molecule has 0 bridgehead atoms. The lowest BCUT2D eigenvalue weighted by molar-refractivity contribution is -0.133. The molecule has 2 N–H and O–H groups in total. The van der Waals surface area contributed by atoms with Crippen molar-refractivity contribution in [1.29, 1.82) is 0 Å². The molecule has 0 spiro atoms. The van der Waals surface area contributed by atoms with E-state index in [1.807, 2.05) is 50.2 Å². The van der Waals surface area contributed by atoms with Crippen molar-refractivity contribution >= 4 is 23.5 Å². The monoisotopic (exact) mass is 457 g/mol. The highest BCUT2D eigenvalue weighted by atomic mass is 16.7. The first-order valence-electron chi connectivity index (χ1n) is 10.9. The average Bonchev–Trinajstić information content (AvgIpc) is 3.39. The molecule has 3 aromatic rings. The fourth-order valence-corrected chi connectivity index (χ4v) is 4.26. The number of hydrogen-bond acceptors (Lipinski definition) is 5. The summed E-state index contributed by atoms with van der Waals surface area (Å²) < 4.78 is 10.6. The summed E-state index contributed by atoms with van der Waals surface area (Å²) in [5, 5.41) is 5.59. The van der Waals surface area contributed by atoms with E-state index in [1.165, 1.54) is 0 Å². The molecule has 0 aliphatic carbocycles. The lowest BCUT2D eigenvalue weighted by atomic mass is 9.81. The maximum Gasteiger partial charge on any atom is 0.326 e. The van der Waals surface area contributed by atoms with Crippen LogP contribution in [0.3, 0.4) is 0 Å². The number of benzene rings is 3. The van der Waals surface area contributed by atoms with Crippen molar-refractivity contribution in [3.8, 4) is 11.5 Å². The maximum absolute atomic E-state index is 13.8. The van der Waals surface area contributed by atoms with Gasteiger partial charge in [-0.15, -0.1) is 0 Å². The highest BCUT2D eigenvalue weighted by Crippen LogP contribution is 2.37. The molecule has 0 aromatic heterocycles. The van der Waals surface area contributed by atoms with Crippen molar-refractivity contribution in [3.63, 3.8) is 0 Å². The number of anilines is 1. The van der Waals surface area contributed by atoms with Gasteiger partial charge >= 0.3 is 6.03 Å². The highest BCUT2D eigenvalue weighted by Gasteiger charge is 2.54. The molecule has 0 unspecified atom stereocenters. The van der Waals surface area contributed by atoms with Crippen molar-refractivity contribution in [2.24, 2.45) is 0 Å². The molecule has 2 aliphatic rings. The predicted molar refractivity (Wildman–Crippen MR) is 125 cm³/mol. The van der Waals surface area contributed by atoms with Crippen LogP contribution in [0.2, 0.25) is 0 Å². The van der Waals surface area contributed by atoms with Crippen LogP contribution in [0.4, 0.5) is 10.5 Å². The molecule has 8 nitrogen and oxygen atoms in total. The number of hydrogen-bond donors (Lipinski definition) is 2. The minimum absolute atomic E-state index is 0.120. The fraction of sp³-hybridized carbons (Fsp3) is 0.192. The molecule has 4 amide bonds. The van der Waals surface area contributed by atoms with Crippen LogP contribution in [0.25, 0.3) is 0 Å². The summed E-state index contributed by atoms with van der Waals surface area (Å²) in [5.41, 5.74) is 2.38. The van der Waals surface area contributed by atoms with Gasteiger partial charge in [-0.2, -0.15) is 0 Å². The van der Waals surface area contributed by atoms with Crippen LogP contribution in [0.5, 0.6) is 11.5 Å². The van der Waals surface area contributed by atoms with Gasteiger partial charge in [0.1, 0.15) is 6.54 Å². The van der Waals surface area contributed by atoms with Crippen molar-refractivity contribution in [1.82, 2.24) is 10.2 Å². The second kappa shape index (κ2) is 8.22. The molecule has 2 heterocycles. The van der Waals surface area contributed by atoms with Crippen LogP contribution in [-0.4, -0.2) is 36.1 Å². The molecule has 172 valence electrons. The molecule has 0 radical (unpaired) electrons. The van der Waals surface area contributed by atoms with E-state index in [0.29, 0.717) is 28.3 Å². The Labute approximate surface area is 196 Å². The lowest BCUT2D eigenvalue weighted by Crippen LogP contribution is -2.45. The highest BCUT2D eigenvalue weighted by molar-refractivity contribution is 6.12. The summed E-state index contributed by atoms with van der Waals surface area (Å²) in [7, 11) is 0. The van der Waals surface area contributed by atoms with E-state index in [4.69, 9.17) is 9.47 Å². The van der Waals surface area contributed by atoms with E-state index in [-0.39, 0.29) is 6.79 Å². The number of amides is 4. The number of urea groups is 1. The normalized spacial score (nSPS) is 18.7. The van der Waals surface area contributed by atoms with Crippen LogP contribution >= 0.6 is 0 Å². The fourth-order valence-electron chi connectivity index (χ4n) is 4.26. The van der Waals surface area contributed by atoms with Gasteiger partial charge in [-0.05, 0) is 48.2 Å². The first kappa shape index (κ1) is 21.5.